The Hall–Kier alpha value is -2.17. The molecule has 2 aromatic rings. The predicted molar refractivity (Wildman–Crippen MR) is 61.6 cm³/mol. The van der Waals surface area contributed by atoms with Gasteiger partial charge >= 0.3 is 5.97 Å². The van der Waals surface area contributed by atoms with Crippen LogP contribution in [0.15, 0.2) is 30.3 Å². The zero-order valence-electron chi connectivity index (χ0n) is 9.75. The lowest BCUT2D eigenvalue weighted by molar-refractivity contribution is 0.0586. The van der Waals surface area contributed by atoms with Gasteiger partial charge in [-0.3, -0.25) is 0 Å². The van der Waals surface area contributed by atoms with E-state index in [4.69, 9.17) is 4.74 Å². The van der Waals surface area contributed by atoms with E-state index >= 15 is 0 Å². The number of carbonyl (C=O) groups is 1. The van der Waals surface area contributed by atoms with E-state index in [0.717, 1.165) is 5.56 Å². The third-order valence-corrected chi connectivity index (χ3v) is 2.46. The van der Waals surface area contributed by atoms with Crippen molar-refractivity contribution in [3.8, 4) is 0 Å². The van der Waals surface area contributed by atoms with Gasteiger partial charge in [-0.25, -0.2) is 9.48 Å². The highest BCUT2D eigenvalue weighted by atomic mass is 16.5. The largest absolute Gasteiger partial charge is 0.464 e. The van der Waals surface area contributed by atoms with Crippen molar-refractivity contribution in [3.63, 3.8) is 0 Å². The molecule has 0 saturated carbocycles. The van der Waals surface area contributed by atoms with Crippen LogP contribution < -0.4 is 0 Å². The summed E-state index contributed by atoms with van der Waals surface area (Å²) in [4.78, 5) is 11.6. The van der Waals surface area contributed by atoms with Crippen molar-refractivity contribution in [2.75, 3.05) is 7.11 Å². The first-order valence-electron chi connectivity index (χ1n) is 5.24. The van der Waals surface area contributed by atoms with Gasteiger partial charge < -0.3 is 4.74 Å². The normalized spacial score (nSPS) is 10.2. The molecule has 0 aliphatic heterocycles. The number of ether oxygens (including phenoxy) is 1. The highest BCUT2D eigenvalue weighted by Gasteiger charge is 2.17. The van der Waals surface area contributed by atoms with Crippen molar-refractivity contribution in [2.24, 2.45) is 0 Å². The fourth-order valence-electron chi connectivity index (χ4n) is 1.62. The van der Waals surface area contributed by atoms with Crippen LogP contribution in [0.5, 0.6) is 0 Å². The summed E-state index contributed by atoms with van der Waals surface area (Å²) in [5.74, 6) is -0.413. The average Bonchev–Trinajstić information content (AvgIpc) is 2.71. The van der Waals surface area contributed by atoms with Crippen molar-refractivity contribution < 1.29 is 9.53 Å². The quantitative estimate of drug-likeness (QED) is 0.750. The molecule has 0 bridgehead atoms. The lowest BCUT2D eigenvalue weighted by Crippen LogP contribution is -2.13. The molecule has 0 atom stereocenters. The van der Waals surface area contributed by atoms with Crippen molar-refractivity contribution in [2.45, 2.75) is 13.5 Å². The molecule has 0 spiro atoms. The molecule has 17 heavy (non-hydrogen) atoms. The minimum absolute atomic E-state index is 0.399. The number of aryl methyl sites for hydroxylation is 1. The number of hydrogen-bond donors (Lipinski definition) is 0. The molecular weight excluding hydrogens is 218 g/mol. The molecule has 2 rings (SSSR count). The molecule has 5 heteroatoms. The third-order valence-electron chi connectivity index (χ3n) is 2.46. The summed E-state index contributed by atoms with van der Waals surface area (Å²) in [7, 11) is 1.35. The molecule has 1 heterocycles. The zero-order valence-corrected chi connectivity index (χ0v) is 9.75. The Bertz CT molecular complexity index is 520. The Morgan fingerprint density at radius 1 is 1.35 bits per heavy atom. The Morgan fingerprint density at radius 3 is 2.71 bits per heavy atom. The van der Waals surface area contributed by atoms with Crippen molar-refractivity contribution in [1.29, 1.82) is 0 Å². The smallest absolute Gasteiger partial charge is 0.358 e. The van der Waals surface area contributed by atoms with Crippen LogP contribution in [0.2, 0.25) is 0 Å². The summed E-state index contributed by atoms with van der Waals surface area (Å²) in [6.45, 7) is 2.24. The minimum atomic E-state index is -0.413. The average molecular weight is 231 g/mol. The summed E-state index contributed by atoms with van der Waals surface area (Å²) >= 11 is 0. The number of benzene rings is 1. The Kier molecular flexibility index (Phi) is 3.18. The maximum absolute atomic E-state index is 11.6. The summed E-state index contributed by atoms with van der Waals surface area (Å²) in [6.07, 6.45) is 0. The van der Waals surface area contributed by atoms with Gasteiger partial charge in [0.1, 0.15) is 0 Å². The molecule has 0 aliphatic carbocycles. The lowest BCUT2D eigenvalue weighted by atomic mass is 10.2. The second-order valence-corrected chi connectivity index (χ2v) is 3.66. The highest BCUT2D eigenvalue weighted by molar-refractivity contribution is 5.88. The standard InChI is InChI=1S/C12H13N3O2/c1-9-11(12(16)17-2)15(14-13-9)8-10-6-4-3-5-7-10/h3-7H,8H2,1-2H3. The van der Waals surface area contributed by atoms with E-state index in [9.17, 15) is 4.79 Å². The molecule has 0 fully saturated rings. The fraction of sp³-hybridized carbons (Fsp3) is 0.250. The Labute approximate surface area is 99.0 Å². The van der Waals surface area contributed by atoms with Gasteiger partial charge in [0, 0.05) is 0 Å². The maximum Gasteiger partial charge on any atom is 0.358 e. The first-order valence-corrected chi connectivity index (χ1v) is 5.24. The Morgan fingerprint density at radius 2 is 2.06 bits per heavy atom. The van der Waals surface area contributed by atoms with E-state index in [1.807, 2.05) is 30.3 Å². The second kappa shape index (κ2) is 4.78. The van der Waals surface area contributed by atoms with Gasteiger partial charge in [-0.2, -0.15) is 0 Å². The van der Waals surface area contributed by atoms with E-state index in [2.05, 4.69) is 10.3 Å². The topological polar surface area (TPSA) is 57.0 Å². The van der Waals surface area contributed by atoms with Crippen LogP contribution in [-0.4, -0.2) is 28.1 Å². The third kappa shape index (κ3) is 2.33. The van der Waals surface area contributed by atoms with Crippen LogP contribution in [0, 0.1) is 6.92 Å². The van der Waals surface area contributed by atoms with Crippen molar-refractivity contribution in [1.82, 2.24) is 15.0 Å². The lowest BCUT2D eigenvalue weighted by Gasteiger charge is -2.05. The van der Waals surface area contributed by atoms with Crippen LogP contribution in [-0.2, 0) is 11.3 Å². The number of esters is 1. The fourth-order valence-corrected chi connectivity index (χ4v) is 1.62. The second-order valence-electron chi connectivity index (χ2n) is 3.66. The molecular formula is C12H13N3O2. The number of nitrogens with zero attached hydrogens (tertiary/aromatic N) is 3. The maximum atomic E-state index is 11.6. The number of rotatable bonds is 3. The predicted octanol–water partition coefficient (Wildman–Crippen LogP) is 1.42. The molecule has 0 radical (unpaired) electrons. The van der Waals surface area contributed by atoms with E-state index in [0.29, 0.717) is 17.9 Å². The van der Waals surface area contributed by atoms with Crippen LogP contribution in [0.1, 0.15) is 21.7 Å². The van der Waals surface area contributed by atoms with Gasteiger partial charge in [0.05, 0.1) is 19.3 Å². The highest BCUT2D eigenvalue weighted by Crippen LogP contribution is 2.09. The van der Waals surface area contributed by atoms with Gasteiger partial charge in [-0.05, 0) is 12.5 Å². The molecule has 88 valence electrons. The number of aromatic nitrogens is 3. The number of hydrogen-bond acceptors (Lipinski definition) is 4. The van der Waals surface area contributed by atoms with E-state index in [1.165, 1.54) is 7.11 Å². The number of carbonyl (C=O) groups excluding carboxylic acids is 1. The van der Waals surface area contributed by atoms with Gasteiger partial charge in [0.2, 0.25) is 0 Å². The van der Waals surface area contributed by atoms with Crippen LogP contribution >= 0.6 is 0 Å². The van der Waals surface area contributed by atoms with Crippen molar-refractivity contribution in [3.05, 3.63) is 47.3 Å². The minimum Gasteiger partial charge on any atom is -0.464 e. The summed E-state index contributed by atoms with van der Waals surface area (Å²) < 4.78 is 6.27. The first-order chi connectivity index (χ1) is 8.22. The summed E-state index contributed by atoms with van der Waals surface area (Å²) in [5.41, 5.74) is 2.03. The van der Waals surface area contributed by atoms with Crippen LogP contribution in [0.4, 0.5) is 0 Å². The molecule has 0 saturated heterocycles. The Balaban J connectivity index is 2.31. The van der Waals surface area contributed by atoms with E-state index in [-0.39, 0.29) is 0 Å². The molecule has 0 amide bonds. The zero-order chi connectivity index (χ0) is 12.3. The number of methoxy groups -OCH3 is 1. The van der Waals surface area contributed by atoms with Crippen LogP contribution in [0.25, 0.3) is 0 Å². The van der Waals surface area contributed by atoms with Gasteiger partial charge in [-0.15, -0.1) is 5.10 Å². The summed E-state index contributed by atoms with van der Waals surface area (Å²) in [5, 5.41) is 7.84. The van der Waals surface area contributed by atoms with Gasteiger partial charge in [0.15, 0.2) is 5.69 Å². The molecule has 0 unspecified atom stereocenters. The van der Waals surface area contributed by atoms with Crippen LogP contribution in [0.3, 0.4) is 0 Å². The SMILES string of the molecule is COC(=O)c1c(C)nnn1Cc1ccccc1. The molecule has 0 N–H and O–H groups in total. The summed E-state index contributed by atoms with van der Waals surface area (Å²) in [6, 6.07) is 9.77. The van der Waals surface area contributed by atoms with E-state index < -0.39 is 5.97 Å². The van der Waals surface area contributed by atoms with E-state index in [1.54, 1.807) is 11.6 Å². The van der Waals surface area contributed by atoms with Gasteiger partial charge in [-0.1, -0.05) is 35.5 Å². The molecule has 5 nitrogen and oxygen atoms in total. The molecule has 0 aliphatic rings. The van der Waals surface area contributed by atoms with Crippen molar-refractivity contribution >= 4 is 5.97 Å². The first kappa shape index (κ1) is 11.3. The molecule has 1 aromatic carbocycles. The monoisotopic (exact) mass is 231 g/mol. The van der Waals surface area contributed by atoms with Gasteiger partial charge in [0.25, 0.3) is 0 Å². The molecule has 1 aromatic heterocycles.